The summed E-state index contributed by atoms with van der Waals surface area (Å²) in [6, 6.07) is -0.628. The van der Waals surface area contributed by atoms with Gasteiger partial charge in [0.25, 0.3) is 0 Å². The van der Waals surface area contributed by atoms with E-state index in [9.17, 15) is 15.0 Å². The van der Waals surface area contributed by atoms with Crippen LogP contribution in [0.5, 0.6) is 0 Å². The summed E-state index contributed by atoms with van der Waals surface area (Å²) in [6.45, 7) is 4.18. The fourth-order valence-electron chi connectivity index (χ4n) is 3.42. The molecule has 0 saturated heterocycles. The van der Waals surface area contributed by atoms with Gasteiger partial charge in [0.2, 0.25) is 5.91 Å². The highest BCUT2D eigenvalue weighted by Crippen LogP contribution is 2.09. The number of hydrogen-bond acceptors (Lipinski definition) is 3. The summed E-state index contributed by atoms with van der Waals surface area (Å²) < 4.78 is 0. The number of amides is 1. The van der Waals surface area contributed by atoms with E-state index in [1.165, 1.54) is 64.2 Å². The molecule has 2 atom stereocenters. The zero-order valence-corrected chi connectivity index (χ0v) is 19.8. The maximum atomic E-state index is 12.0. The van der Waals surface area contributed by atoms with Crippen molar-refractivity contribution in [1.29, 1.82) is 0 Å². The standard InChI is InChI=1S/C26H49NO3/c1-3-5-7-9-11-12-13-14-15-16-17-19-21-25(29)24(23-28)27-26(30)22-20-18-10-8-6-4-2/h14-15,19,21,24-25,28-29H,3-13,16-18,20,22-23H2,1-2H3,(H,27,30)/b15-14+,21-19+. The molecule has 0 aromatic rings. The van der Waals surface area contributed by atoms with Crippen LogP contribution in [0.1, 0.15) is 117 Å². The van der Waals surface area contributed by atoms with Crippen LogP contribution in [-0.4, -0.2) is 34.9 Å². The molecular weight excluding hydrogens is 374 g/mol. The molecule has 176 valence electrons. The normalized spacial score (nSPS) is 13.9. The highest BCUT2D eigenvalue weighted by molar-refractivity contribution is 5.76. The van der Waals surface area contributed by atoms with E-state index in [1.54, 1.807) is 6.08 Å². The Hall–Kier alpha value is -1.13. The van der Waals surface area contributed by atoms with Gasteiger partial charge >= 0.3 is 0 Å². The van der Waals surface area contributed by atoms with Gasteiger partial charge in [-0.15, -0.1) is 0 Å². The Morgan fingerprint density at radius 1 is 0.767 bits per heavy atom. The second-order valence-corrected chi connectivity index (χ2v) is 8.40. The molecule has 0 heterocycles. The van der Waals surface area contributed by atoms with Gasteiger partial charge in [0.15, 0.2) is 0 Å². The predicted molar refractivity (Wildman–Crippen MR) is 129 cm³/mol. The Morgan fingerprint density at radius 2 is 1.30 bits per heavy atom. The van der Waals surface area contributed by atoms with E-state index in [0.717, 1.165) is 32.1 Å². The van der Waals surface area contributed by atoms with E-state index in [-0.39, 0.29) is 12.5 Å². The summed E-state index contributed by atoms with van der Waals surface area (Å²) in [7, 11) is 0. The first-order valence-corrected chi connectivity index (χ1v) is 12.6. The predicted octanol–water partition coefficient (Wildman–Crippen LogP) is 6.22. The van der Waals surface area contributed by atoms with Crippen LogP contribution in [0.4, 0.5) is 0 Å². The molecule has 2 unspecified atom stereocenters. The van der Waals surface area contributed by atoms with Crippen LogP contribution in [0.25, 0.3) is 0 Å². The average molecular weight is 424 g/mol. The molecule has 0 saturated carbocycles. The molecule has 0 aromatic heterocycles. The lowest BCUT2D eigenvalue weighted by atomic mass is 10.1. The summed E-state index contributed by atoms with van der Waals surface area (Å²) >= 11 is 0. The van der Waals surface area contributed by atoms with Gasteiger partial charge in [0.05, 0.1) is 18.8 Å². The molecule has 0 aliphatic rings. The van der Waals surface area contributed by atoms with Crippen molar-refractivity contribution in [3.63, 3.8) is 0 Å². The van der Waals surface area contributed by atoms with Crippen LogP contribution in [0, 0.1) is 0 Å². The zero-order chi connectivity index (χ0) is 22.3. The Bertz CT molecular complexity index is 434. The number of hydrogen-bond donors (Lipinski definition) is 3. The van der Waals surface area contributed by atoms with Crippen molar-refractivity contribution in [2.24, 2.45) is 0 Å². The molecule has 3 N–H and O–H groups in total. The van der Waals surface area contributed by atoms with Crippen LogP contribution in [0.2, 0.25) is 0 Å². The SMILES string of the molecule is CCCCCCCC/C=C/CC/C=C/C(O)C(CO)NC(=O)CCCCCCCC. The van der Waals surface area contributed by atoms with Gasteiger partial charge < -0.3 is 15.5 Å². The number of carbonyl (C=O) groups excluding carboxylic acids is 1. The number of aliphatic hydroxyl groups excluding tert-OH is 2. The number of unbranched alkanes of at least 4 members (excludes halogenated alkanes) is 12. The molecule has 4 nitrogen and oxygen atoms in total. The largest absolute Gasteiger partial charge is 0.394 e. The molecule has 0 fully saturated rings. The quantitative estimate of drug-likeness (QED) is 0.152. The Kier molecular flexibility index (Phi) is 21.7. The van der Waals surface area contributed by atoms with Crippen molar-refractivity contribution < 1.29 is 15.0 Å². The monoisotopic (exact) mass is 423 g/mol. The third kappa shape index (κ3) is 18.9. The summed E-state index contributed by atoms with van der Waals surface area (Å²) in [5, 5.41) is 22.5. The van der Waals surface area contributed by atoms with E-state index < -0.39 is 12.1 Å². The molecule has 0 spiro atoms. The van der Waals surface area contributed by atoms with Crippen LogP contribution >= 0.6 is 0 Å². The van der Waals surface area contributed by atoms with Crippen molar-refractivity contribution >= 4 is 5.91 Å². The highest BCUT2D eigenvalue weighted by Gasteiger charge is 2.17. The molecule has 0 rings (SSSR count). The van der Waals surface area contributed by atoms with Crippen molar-refractivity contribution in [2.45, 2.75) is 129 Å². The van der Waals surface area contributed by atoms with E-state index >= 15 is 0 Å². The molecule has 4 heteroatoms. The Balaban J connectivity index is 3.83. The lowest BCUT2D eigenvalue weighted by molar-refractivity contribution is -0.123. The van der Waals surface area contributed by atoms with Gasteiger partial charge in [-0.1, -0.05) is 102 Å². The Morgan fingerprint density at radius 3 is 1.93 bits per heavy atom. The lowest BCUT2D eigenvalue weighted by Gasteiger charge is -2.19. The van der Waals surface area contributed by atoms with E-state index in [0.29, 0.717) is 6.42 Å². The van der Waals surface area contributed by atoms with Crippen LogP contribution in [-0.2, 0) is 4.79 Å². The Labute approximate surface area is 186 Å². The lowest BCUT2D eigenvalue weighted by Crippen LogP contribution is -2.45. The molecule has 0 aliphatic carbocycles. The number of carbonyl (C=O) groups is 1. The summed E-state index contributed by atoms with van der Waals surface area (Å²) in [5.74, 6) is -0.0883. The van der Waals surface area contributed by atoms with Gasteiger partial charge in [0.1, 0.15) is 0 Å². The summed E-state index contributed by atoms with van der Waals surface area (Å²) in [6.07, 6.45) is 25.4. The minimum atomic E-state index is -0.851. The number of nitrogens with one attached hydrogen (secondary N) is 1. The first-order valence-electron chi connectivity index (χ1n) is 12.6. The van der Waals surface area contributed by atoms with E-state index in [1.807, 2.05) is 6.08 Å². The molecular formula is C26H49NO3. The number of aliphatic hydroxyl groups is 2. The second-order valence-electron chi connectivity index (χ2n) is 8.40. The van der Waals surface area contributed by atoms with Gasteiger partial charge in [0, 0.05) is 6.42 Å². The first-order chi connectivity index (χ1) is 14.7. The van der Waals surface area contributed by atoms with Crippen molar-refractivity contribution in [3.8, 4) is 0 Å². The molecule has 0 aromatic carbocycles. The van der Waals surface area contributed by atoms with Gasteiger partial charge in [-0.2, -0.15) is 0 Å². The number of rotatable bonds is 21. The van der Waals surface area contributed by atoms with E-state index in [2.05, 4.69) is 31.3 Å². The van der Waals surface area contributed by atoms with Crippen LogP contribution < -0.4 is 5.32 Å². The first kappa shape index (κ1) is 28.9. The highest BCUT2D eigenvalue weighted by atomic mass is 16.3. The fraction of sp³-hybridized carbons (Fsp3) is 0.808. The fourth-order valence-corrected chi connectivity index (χ4v) is 3.42. The van der Waals surface area contributed by atoms with Crippen LogP contribution in [0.15, 0.2) is 24.3 Å². The maximum Gasteiger partial charge on any atom is 0.220 e. The summed E-state index contributed by atoms with van der Waals surface area (Å²) in [5.41, 5.74) is 0. The van der Waals surface area contributed by atoms with Gasteiger partial charge in [-0.25, -0.2) is 0 Å². The van der Waals surface area contributed by atoms with Crippen molar-refractivity contribution in [2.75, 3.05) is 6.61 Å². The summed E-state index contributed by atoms with van der Waals surface area (Å²) in [4.78, 5) is 12.0. The van der Waals surface area contributed by atoms with Gasteiger partial charge in [-0.3, -0.25) is 4.79 Å². The molecule has 0 bridgehead atoms. The van der Waals surface area contributed by atoms with Crippen molar-refractivity contribution in [3.05, 3.63) is 24.3 Å². The van der Waals surface area contributed by atoms with Crippen molar-refractivity contribution in [1.82, 2.24) is 5.32 Å². The average Bonchev–Trinajstić information content (AvgIpc) is 2.75. The number of allylic oxidation sites excluding steroid dienone is 3. The van der Waals surface area contributed by atoms with E-state index in [4.69, 9.17) is 0 Å². The van der Waals surface area contributed by atoms with Gasteiger partial charge in [-0.05, 0) is 32.1 Å². The molecule has 30 heavy (non-hydrogen) atoms. The minimum Gasteiger partial charge on any atom is -0.394 e. The molecule has 0 radical (unpaired) electrons. The second kappa shape index (κ2) is 22.6. The third-order valence-corrected chi connectivity index (χ3v) is 5.44. The maximum absolute atomic E-state index is 12.0. The minimum absolute atomic E-state index is 0.0883. The van der Waals surface area contributed by atoms with Crippen LogP contribution in [0.3, 0.4) is 0 Å². The smallest absolute Gasteiger partial charge is 0.220 e. The third-order valence-electron chi connectivity index (χ3n) is 5.44. The molecule has 1 amide bonds. The zero-order valence-electron chi connectivity index (χ0n) is 19.8. The topological polar surface area (TPSA) is 69.6 Å². The molecule has 0 aliphatic heterocycles.